The van der Waals surface area contributed by atoms with E-state index < -0.39 is 0 Å². The molecule has 0 aliphatic rings. The van der Waals surface area contributed by atoms with E-state index in [2.05, 4.69) is 37.2 Å². The van der Waals surface area contributed by atoms with Crippen LogP contribution in [0.2, 0.25) is 0 Å². The zero-order chi connectivity index (χ0) is 14.0. The monoisotopic (exact) mass is 384 g/mol. The first kappa shape index (κ1) is 14.2. The van der Waals surface area contributed by atoms with E-state index in [-0.39, 0.29) is 0 Å². The van der Waals surface area contributed by atoms with Crippen LogP contribution in [0.5, 0.6) is 5.75 Å². The number of halogens is 2. The molecule has 2 aromatic rings. The van der Waals surface area contributed by atoms with Gasteiger partial charge in [0.15, 0.2) is 0 Å². The fourth-order valence-corrected chi connectivity index (χ4v) is 2.63. The molecule has 0 saturated carbocycles. The lowest BCUT2D eigenvalue weighted by Gasteiger charge is -2.12. The maximum atomic E-state index is 5.87. The summed E-state index contributed by atoms with van der Waals surface area (Å²) in [5.41, 5.74) is 9.58. The first-order chi connectivity index (χ1) is 8.99. The number of aryl methyl sites for hydroxylation is 1. The number of methoxy groups -OCH3 is 1. The molecule has 0 aromatic heterocycles. The van der Waals surface area contributed by atoms with Crippen LogP contribution in [0.15, 0.2) is 39.3 Å². The summed E-state index contributed by atoms with van der Waals surface area (Å²) >= 11 is 6.97. The third-order valence-electron chi connectivity index (χ3n) is 2.74. The Morgan fingerprint density at radius 2 is 1.84 bits per heavy atom. The smallest absolute Gasteiger partial charge is 0.122 e. The molecule has 0 bridgehead atoms. The van der Waals surface area contributed by atoms with E-state index in [1.165, 1.54) is 0 Å². The summed E-state index contributed by atoms with van der Waals surface area (Å²) in [5.74, 6) is 0.792. The Balaban J connectivity index is 2.36. The number of nitrogens with one attached hydrogen (secondary N) is 1. The van der Waals surface area contributed by atoms with E-state index in [1.54, 1.807) is 7.11 Å². The molecule has 3 N–H and O–H groups in total. The van der Waals surface area contributed by atoms with Gasteiger partial charge < -0.3 is 15.8 Å². The zero-order valence-electron chi connectivity index (χ0n) is 10.6. The minimum atomic E-state index is 0.768. The molecule has 0 unspecified atom stereocenters. The standard InChI is InChI=1S/C14H14Br2N2O/c1-8-3-14(12(16)7-13(8)17)18-10-4-9(15)5-11(6-10)19-2/h3-7,18H,17H2,1-2H3. The molecule has 0 radical (unpaired) electrons. The highest BCUT2D eigenvalue weighted by atomic mass is 79.9. The van der Waals surface area contributed by atoms with E-state index in [9.17, 15) is 0 Å². The largest absolute Gasteiger partial charge is 0.497 e. The summed E-state index contributed by atoms with van der Waals surface area (Å²) in [5, 5.41) is 3.34. The molecule has 0 saturated heterocycles. The van der Waals surface area contributed by atoms with Crippen molar-refractivity contribution >= 4 is 48.9 Å². The second-order valence-corrected chi connectivity index (χ2v) is 5.96. The fourth-order valence-electron chi connectivity index (χ4n) is 1.70. The lowest BCUT2D eigenvalue weighted by atomic mass is 10.2. The van der Waals surface area contributed by atoms with Crippen molar-refractivity contribution in [2.75, 3.05) is 18.2 Å². The Kier molecular flexibility index (Phi) is 4.37. The highest BCUT2D eigenvalue weighted by Gasteiger charge is 2.06. The average molecular weight is 386 g/mol. The average Bonchev–Trinajstić information content (AvgIpc) is 2.35. The van der Waals surface area contributed by atoms with Gasteiger partial charge in [-0.05, 0) is 52.7 Å². The van der Waals surface area contributed by atoms with Crippen molar-refractivity contribution in [1.29, 1.82) is 0 Å². The van der Waals surface area contributed by atoms with Crippen LogP contribution in [0.25, 0.3) is 0 Å². The first-order valence-corrected chi connectivity index (χ1v) is 7.25. The second kappa shape index (κ2) is 5.84. The van der Waals surface area contributed by atoms with Crippen LogP contribution >= 0.6 is 31.9 Å². The topological polar surface area (TPSA) is 47.3 Å². The molecule has 0 heterocycles. The SMILES string of the molecule is COc1cc(Br)cc(Nc2cc(C)c(N)cc2Br)c1. The number of benzene rings is 2. The van der Waals surface area contributed by atoms with Gasteiger partial charge >= 0.3 is 0 Å². The Hall–Kier alpha value is -1.20. The van der Waals surface area contributed by atoms with Gasteiger partial charge in [-0.25, -0.2) is 0 Å². The Morgan fingerprint density at radius 1 is 1.11 bits per heavy atom. The zero-order valence-corrected chi connectivity index (χ0v) is 13.8. The minimum Gasteiger partial charge on any atom is -0.497 e. The molecule has 0 spiro atoms. The highest BCUT2D eigenvalue weighted by molar-refractivity contribution is 9.10. The van der Waals surface area contributed by atoms with Crippen molar-refractivity contribution in [1.82, 2.24) is 0 Å². The van der Waals surface area contributed by atoms with E-state index in [4.69, 9.17) is 10.5 Å². The van der Waals surface area contributed by atoms with E-state index in [0.29, 0.717) is 0 Å². The summed E-state index contributed by atoms with van der Waals surface area (Å²) in [6.45, 7) is 1.98. The van der Waals surface area contributed by atoms with Crippen LogP contribution in [-0.4, -0.2) is 7.11 Å². The number of rotatable bonds is 3. The van der Waals surface area contributed by atoms with Gasteiger partial charge in [-0.1, -0.05) is 15.9 Å². The molecule has 0 atom stereocenters. The molecular formula is C14H14Br2N2O. The second-order valence-electron chi connectivity index (χ2n) is 4.19. The molecular weight excluding hydrogens is 372 g/mol. The molecule has 2 aromatic carbocycles. The Bertz CT molecular complexity index is 615. The van der Waals surface area contributed by atoms with Gasteiger partial charge in [0.2, 0.25) is 0 Å². The van der Waals surface area contributed by atoms with Crippen molar-refractivity contribution in [3.05, 3.63) is 44.8 Å². The number of ether oxygens (including phenoxy) is 1. The molecule has 100 valence electrons. The third kappa shape index (κ3) is 3.42. The molecule has 19 heavy (non-hydrogen) atoms. The number of nitrogens with two attached hydrogens (primary N) is 1. The maximum Gasteiger partial charge on any atom is 0.122 e. The van der Waals surface area contributed by atoms with E-state index >= 15 is 0 Å². The minimum absolute atomic E-state index is 0.768. The Morgan fingerprint density at radius 3 is 2.53 bits per heavy atom. The maximum absolute atomic E-state index is 5.87. The molecule has 2 rings (SSSR count). The molecule has 0 amide bonds. The van der Waals surface area contributed by atoms with Gasteiger partial charge in [0.1, 0.15) is 5.75 Å². The molecule has 0 aliphatic heterocycles. The van der Waals surface area contributed by atoms with Crippen molar-refractivity contribution in [2.45, 2.75) is 6.92 Å². The lowest BCUT2D eigenvalue weighted by molar-refractivity contribution is 0.415. The van der Waals surface area contributed by atoms with Crippen LogP contribution in [-0.2, 0) is 0 Å². The predicted molar refractivity (Wildman–Crippen MR) is 87.3 cm³/mol. The first-order valence-electron chi connectivity index (χ1n) is 5.67. The van der Waals surface area contributed by atoms with Gasteiger partial charge in [-0.2, -0.15) is 0 Å². The number of anilines is 3. The van der Waals surface area contributed by atoms with Gasteiger partial charge in [0, 0.05) is 26.4 Å². The van der Waals surface area contributed by atoms with Crippen molar-refractivity contribution < 1.29 is 4.74 Å². The van der Waals surface area contributed by atoms with Crippen LogP contribution in [0.4, 0.5) is 17.1 Å². The summed E-state index contributed by atoms with van der Waals surface area (Å²) < 4.78 is 7.13. The number of nitrogen functional groups attached to an aromatic ring is 1. The summed E-state index contributed by atoms with van der Waals surface area (Å²) in [7, 11) is 1.65. The van der Waals surface area contributed by atoms with Gasteiger partial charge in [-0.15, -0.1) is 0 Å². The van der Waals surface area contributed by atoms with Crippen LogP contribution in [0.1, 0.15) is 5.56 Å². The third-order valence-corrected chi connectivity index (χ3v) is 3.86. The van der Waals surface area contributed by atoms with Crippen molar-refractivity contribution in [3.63, 3.8) is 0 Å². The van der Waals surface area contributed by atoms with Crippen molar-refractivity contribution in [2.24, 2.45) is 0 Å². The molecule has 0 aliphatic carbocycles. The van der Waals surface area contributed by atoms with Crippen LogP contribution < -0.4 is 15.8 Å². The molecule has 5 heteroatoms. The lowest BCUT2D eigenvalue weighted by Crippen LogP contribution is -1.96. The molecule has 3 nitrogen and oxygen atoms in total. The number of hydrogen-bond acceptors (Lipinski definition) is 3. The van der Waals surface area contributed by atoms with Gasteiger partial charge in [-0.3, -0.25) is 0 Å². The quantitative estimate of drug-likeness (QED) is 0.742. The van der Waals surface area contributed by atoms with Crippen LogP contribution in [0.3, 0.4) is 0 Å². The Labute approximate surface area is 129 Å². The summed E-state index contributed by atoms with van der Waals surface area (Å²) in [4.78, 5) is 0. The van der Waals surface area contributed by atoms with Crippen LogP contribution in [0, 0.1) is 6.92 Å². The molecule has 0 fully saturated rings. The van der Waals surface area contributed by atoms with Gasteiger partial charge in [0.05, 0.1) is 12.8 Å². The summed E-state index contributed by atoms with van der Waals surface area (Å²) in [6.07, 6.45) is 0. The highest BCUT2D eigenvalue weighted by Crippen LogP contribution is 2.32. The fraction of sp³-hybridized carbons (Fsp3) is 0.143. The predicted octanol–water partition coefficient (Wildman–Crippen LogP) is 4.85. The van der Waals surface area contributed by atoms with E-state index in [1.807, 2.05) is 37.3 Å². The number of hydrogen-bond donors (Lipinski definition) is 2. The van der Waals surface area contributed by atoms with Gasteiger partial charge in [0.25, 0.3) is 0 Å². The summed E-state index contributed by atoms with van der Waals surface area (Å²) in [6, 6.07) is 9.73. The van der Waals surface area contributed by atoms with E-state index in [0.717, 1.165) is 37.3 Å². The van der Waals surface area contributed by atoms with Crippen molar-refractivity contribution in [3.8, 4) is 5.75 Å². The normalized spacial score (nSPS) is 10.3.